The van der Waals surface area contributed by atoms with E-state index in [0.29, 0.717) is 0 Å². The van der Waals surface area contributed by atoms with E-state index in [1.165, 1.54) is 44.5 Å². The second kappa shape index (κ2) is 11.4. The fourth-order valence-electron chi connectivity index (χ4n) is 10.2. The van der Waals surface area contributed by atoms with Crippen LogP contribution in [0.15, 0.2) is 173 Å². The van der Waals surface area contributed by atoms with Crippen LogP contribution >= 0.6 is 0 Å². The molecule has 2 aliphatic carbocycles. The average Bonchev–Trinajstić information content (AvgIpc) is 3.94. The molecule has 0 spiro atoms. The van der Waals surface area contributed by atoms with E-state index in [2.05, 4.69) is 178 Å². The van der Waals surface area contributed by atoms with Gasteiger partial charge in [-0.15, -0.1) is 0 Å². The van der Waals surface area contributed by atoms with Gasteiger partial charge in [-0.1, -0.05) is 137 Å². The largest absolute Gasteiger partial charge is 0.456 e. The lowest BCUT2D eigenvalue weighted by Gasteiger charge is -2.30. The molecule has 2 aromatic heterocycles. The second-order valence-corrected chi connectivity index (χ2v) is 16.9. The van der Waals surface area contributed by atoms with Crippen molar-refractivity contribution in [2.24, 2.45) is 0 Å². The van der Waals surface area contributed by atoms with Crippen molar-refractivity contribution in [3.05, 3.63) is 186 Å². The SMILES string of the molecule is CC1(C)c2ccccc2-c2ccc(N(c3ccc(-c4cc5oc6ccccc6c5c5c4oc4ccccc45)cc3)c3ccc4c(c3)C(C)(C)c3ccccc3-4)cc21. The molecule has 0 amide bonds. The Hall–Kier alpha value is -6.84. The molecule has 57 heavy (non-hydrogen) atoms. The van der Waals surface area contributed by atoms with Gasteiger partial charge >= 0.3 is 0 Å². The van der Waals surface area contributed by atoms with Crippen molar-refractivity contribution in [2.45, 2.75) is 38.5 Å². The van der Waals surface area contributed by atoms with Gasteiger partial charge in [0.1, 0.15) is 22.3 Å². The van der Waals surface area contributed by atoms with E-state index in [-0.39, 0.29) is 10.8 Å². The first-order valence-corrected chi connectivity index (χ1v) is 19.9. The van der Waals surface area contributed by atoms with Gasteiger partial charge in [-0.25, -0.2) is 0 Å². The van der Waals surface area contributed by atoms with Crippen molar-refractivity contribution < 1.29 is 8.83 Å². The third kappa shape index (κ3) is 4.43. The van der Waals surface area contributed by atoms with E-state index in [0.717, 1.165) is 72.1 Å². The van der Waals surface area contributed by atoms with Crippen molar-refractivity contribution in [3.63, 3.8) is 0 Å². The van der Waals surface area contributed by atoms with Crippen LogP contribution in [-0.4, -0.2) is 0 Å². The summed E-state index contributed by atoms with van der Waals surface area (Å²) in [5.41, 5.74) is 19.4. The summed E-state index contributed by atoms with van der Waals surface area (Å²) < 4.78 is 13.2. The van der Waals surface area contributed by atoms with Crippen LogP contribution in [-0.2, 0) is 10.8 Å². The van der Waals surface area contributed by atoms with Gasteiger partial charge in [-0.05, 0) is 105 Å². The lowest BCUT2D eigenvalue weighted by molar-refractivity contribution is 0.660. The quantitative estimate of drug-likeness (QED) is 0.180. The summed E-state index contributed by atoms with van der Waals surface area (Å²) in [5, 5.41) is 4.39. The summed E-state index contributed by atoms with van der Waals surface area (Å²) in [5.74, 6) is 0. The molecule has 2 aliphatic rings. The van der Waals surface area contributed by atoms with Gasteiger partial charge in [-0.3, -0.25) is 0 Å². The highest BCUT2D eigenvalue weighted by molar-refractivity contribution is 6.28. The fourth-order valence-corrected chi connectivity index (χ4v) is 10.2. The predicted octanol–water partition coefficient (Wildman–Crippen LogP) is 15.2. The predicted molar refractivity (Wildman–Crippen MR) is 236 cm³/mol. The smallest absolute Gasteiger partial charge is 0.144 e. The molecule has 3 heteroatoms. The van der Waals surface area contributed by atoms with Crippen molar-refractivity contribution in [1.29, 1.82) is 0 Å². The number of fused-ring (bicyclic) bond motifs is 13. The molecule has 0 radical (unpaired) electrons. The highest BCUT2D eigenvalue weighted by Crippen LogP contribution is 2.53. The molecular formula is C54H39NO2. The van der Waals surface area contributed by atoms with E-state index in [4.69, 9.17) is 8.83 Å². The van der Waals surface area contributed by atoms with Crippen LogP contribution in [0.2, 0.25) is 0 Å². The first-order chi connectivity index (χ1) is 27.8. The number of rotatable bonds is 4. The second-order valence-electron chi connectivity index (χ2n) is 16.9. The summed E-state index contributed by atoms with van der Waals surface area (Å²) in [6, 6.07) is 59.6. The van der Waals surface area contributed by atoms with Crippen molar-refractivity contribution >= 4 is 60.9 Å². The zero-order valence-electron chi connectivity index (χ0n) is 32.4. The Bertz CT molecular complexity index is 3190. The van der Waals surface area contributed by atoms with E-state index < -0.39 is 0 Å². The van der Waals surface area contributed by atoms with Crippen LogP contribution in [0.25, 0.3) is 77.3 Å². The molecule has 8 aromatic carbocycles. The van der Waals surface area contributed by atoms with Gasteiger partial charge in [0.2, 0.25) is 0 Å². The Balaban J connectivity index is 1.04. The van der Waals surface area contributed by atoms with Gasteiger partial charge in [-0.2, -0.15) is 0 Å². The van der Waals surface area contributed by atoms with Crippen LogP contribution in [0.3, 0.4) is 0 Å². The highest BCUT2D eigenvalue weighted by atomic mass is 16.3. The van der Waals surface area contributed by atoms with Crippen LogP contribution in [0.1, 0.15) is 49.9 Å². The maximum atomic E-state index is 6.71. The molecule has 0 aliphatic heterocycles. The fraction of sp³-hybridized carbons (Fsp3) is 0.111. The van der Waals surface area contributed by atoms with E-state index in [9.17, 15) is 0 Å². The number of hydrogen-bond acceptors (Lipinski definition) is 3. The Labute approximate surface area is 331 Å². The number of benzene rings is 8. The van der Waals surface area contributed by atoms with E-state index >= 15 is 0 Å². The topological polar surface area (TPSA) is 29.5 Å². The van der Waals surface area contributed by atoms with Crippen molar-refractivity contribution in [3.8, 4) is 33.4 Å². The van der Waals surface area contributed by atoms with E-state index in [1.54, 1.807) is 0 Å². The number of para-hydroxylation sites is 2. The Kier molecular flexibility index (Phi) is 6.46. The van der Waals surface area contributed by atoms with Crippen LogP contribution < -0.4 is 4.90 Å². The van der Waals surface area contributed by atoms with Crippen LogP contribution in [0.5, 0.6) is 0 Å². The number of hydrogen-bond donors (Lipinski definition) is 0. The zero-order valence-corrected chi connectivity index (χ0v) is 32.4. The first kappa shape index (κ1) is 32.4. The molecule has 3 nitrogen and oxygen atoms in total. The Morgan fingerprint density at radius 1 is 0.368 bits per heavy atom. The lowest BCUT2D eigenvalue weighted by Crippen LogP contribution is -2.18. The molecule has 10 aromatic rings. The number of anilines is 3. The molecule has 0 fully saturated rings. The summed E-state index contributed by atoms with van der Waals surface area (Å²) in [4.78, 5) is 2.43. The highest BCUT2D eigenvalue weighted by Gasteiger charge is 2.37. The molecular weight excluding hydrogens is 695 g/mol. The number of furan rings is 2. The average molecular weight is 734 g/mol. The molecule has 0 N–H and O–H groups in total. The van der Waals surface area contributed by atoms with Gasteiger partial charge in [0, 0.05) is 55.0 Å². The Morgan fingerprint density at radius 3 is 1.44 bits per heavy atom. The number of nitrogens with zero attached hydrogens (tertiary/aromatic N) is 1. The molecule has 0 saturated carbocycles. The van der Waals surface area contributed by atoms with Gasteiger partial charge in [0.05, 0.1) is 0 Å². The molecule has 0 unspecified atom stereocenters. The normalized spacial score (nSPS) is 14.6. The molecule has 12 rings (SSSR count). The van der Waals surface area contributed by atoms with Crippen LogP contribution in [0.4, 0.5) is 17.1 Å². The van der Waals surface area contributed by atoms with Gasteiger partial charge in [0.15, 0.2) is 0 Å². The maximum absolute atomic E-state index is 6.71. The Morgan fingerprint density at radius 2 is 0.842 bits per heavy atom. The zero-order chi connectivity index (χ0) is 38.2. The molecule has 0 atom stereocenters. The van der Waals surface area contributed by atoms with Gasteiger partial charge < -0.3 is 13.7 Å². The van der Waals surface area contributed by atoms with Crippen molar-refractivity contribution in [2.75, 3.05) is 4.90 Å². The summed E-state index contributed by atoms with van der Waals surface area (Å²) in [7, 11) is 0. The third-order valence-electron chi connectivity index (χ3n) is 13.1. The van der Waals surface area contributed by atoms with Crippen molar-refractivity contribution in [1.82, 2.24) is 0 Å². The minimum Gasteiger partial charge on any atom is -0.456 e. The summed E-state index contributed by atoms with van der Waals surface area (Å²) in [6.07, 6.45) is 0. The standard InChI is InChI=1S/C54H39NO2/c1-53(2)43-17-9-5-13-36(43)38-27-25-34(29-45(38)53)55(35-26-28-39-37-14-6-10-18-44(37)54(3,4)46(39)30-35)33-23-21-32(22-24-33)42-31-49-50(40-15-7-11-19-47(40)56-49)51-41-16-8-12-20-48(41)57-52(42)51/h5-31H,1-4H3. The van der Waals surface area contributed by atoms with Gasteiger partial charge in [0.25, 0.3) is 0 Å². The maximum Gasteiger partial charge on any atom is 0.144 e. The van der Waals surface area contributed by atoms with Crippen LogP contribution in [0, 0.1) is 0 Å². The summed E-state index contributed by atoms with van der Waals surface area (Å²) >= 11 is 0. The molecule has 2 heterocycles. The lowest BCUT2D eigenvalue weighted by atomic mass is 9.82. The first-order valence-electron chi connectivity index (χ1n) is 19.9. The minimum atomic E-state index is -0.119. The third-order valence-corrected chi connectivity index (χ3v) is 13.1. The molecule has 272 valence electrons. The monoisotopic (exact) mass is 733 g/mol. The van der Waals surface area contributed by atoms with E-state index in [1.807, 2.05) is 18.2 Å². The minimum absolute atomic E-state index is 0.119. The molecule has 0 bridgehead atoms. The molecule has 0 saturated heterocycles. The summed E-state index contributed by atoms with van der Waals surface area (Å²) in [6.45, 7) is 9.42.